The summed E-state index contributed by atoms with van der Waals surface area (Å²) in [6, 6.07) is 8.35. The maximum atomic E-state index is 11.2. The topological polar surface area (TPSA) is 116 Å². The quantitative estimate of drug-likeness (QED) is 0.623. The zero-order valence-corrected chi connectivity index (χ0v) is 17.4. The number of aliphatic carboxylic acids is 2. The Morgan fingerprint density at radius 3 is 2.33 bits per heavy atom. The molecule has 0 atom stereocenters. The van der Waals surface area contributed by atoms with Crippen LogP contribution in [0, 0.1) is 11.3 Å². The van der Waals surface area contributed by atoms with Crippen LogP contribution in [0.1, 0.15) is 82.0 Å². The number of aromatic nitrogens is 2. The van der Waals surface area contributed by atoms with Crippen molar-refractivity contribution in [3.63, 3.8) is 0 Å². The first-order chi connectivity index (χ1) is 14.4. The Labute approximate surface area is 176 Å². The highest BCUT2D eigenvalue weighted by Gasteiger charge is 2.34. The summed E-state index contributed by atoms with van der Waals surface area (Å²) in [5, 5.41) is 34.3. The molecule has 2 N–H and O–H groups in total. The summed E-state index contributed by atoms with van der Waals surface area (Å²) < 4.78 is 2.09. The van der Waals surface area contributed by atoms with Gasteiger partial charge in [-0.3, -0.25) is 14.3 Å². The van der Waals surface area contributed by atoms with Gasteiger partial charge in [0.25, 0.3) is 0 Å². The predicted molar refractivity (Wildman–Crippen MR) is 112 cm³/mol. The fourth-order valence-electron chi connectivity index (χ4n) is 4.60. The van der Waals surface area contributed by atoms with E-state index in [0.29, 0.717) is 11.6 Å². The number of carbonyl (C=O) groups is 2. The molecule has 1 aliphatic carbocycles. The lowest BCUT2D eigenvalue weighted by molar-refractivity contribution is -0.137. The molecule has 0 amide bonds. The van der Waals surface area contributed by atoms with Crippen LogP contribution in [-0.4, -0.2) is 31.9 Å². The van der Waals surface area contributed by atoms with E-state index >= 15 is 0 Å². The van der Waals surface area contributed by atoms with Gasteiger partial charge in [-0.2, -0.15) is 10.4 Å². The molecule has 0 bridgehead atoms. The molecular formula is C23H29N3O4. The molecule has 3 rings (SSSR count). The minimum atomic E-state index is -1.15. The van der Waals surface area contributed by atoms with Crippen LogP contribution in [-0.2, 0) is 21.4 Å². The minimum Gasteiger partial charge on any atom is -0.481 e. The van der Waals surface area contributed by atoms with Crippen LogP contribution in [0.25, 0.3) is 10.9 Å². The minimum absolute atomic E-state index is 0.0792. The number of carboxylic acids is 2. The fourth-order valence-corrected chi connectivity index (χ4v) is 4.60. The number of carboxylic acid groups (broad SMARTS) is 2. The van der Waals surface area contributed by atoms with Gasteiger partial charge in [-0.1, -0.05) is 38.3 Å². The van der Waals surface area contributed by atoms with Crippen molar-refractivity contribution < 1.29 is 19.8 Å². The number of rotatable bonds is 9. The molecule has 0 unspecified atom stereocenters. The highest BCUT2D eigenvalue weighted by molar-refractivity contribution is 5.83. The molecule has 1 aromatic heterocycles. The van der Waals surface area contributed by atoms with E-state index in [2.05, 4.69) is 17.7 Å². The number of benzene rings is 1. The van der Waals surface area contributed by atoms with Crippen molar-refractivity contribution in [1.29, 1.82) is 5.26 Å². The molecule has 1 aliphatic rings. The van der Waals surface area contributed by atoms with Gasteiger partial charge >= 0.3 is 11.9 Å². The van der Waals surface area contributed by atoms with E-state index in [1.165, 1.54) is 19.3 Å². The standard InChI is InChI=1S/C23H29N3O4/c1-2-19-18-9-8-16(14-20(18)26(25-19)17-6-4-3-5-7-17)23(15-24,12-10-21(27)28)13-11-22(29)30/h8-9,14,17H,2-7,10-13H2,1H3,(H,27,28)(H,29,30). The summed E-state index contributed by atoms with van der Waals surface area (Å²) in [6.45, 7) is 2.07. The average Bonchev–Trinajstić information content (AvgIpc) is 3.13. The van der Waals surface area contributed by atoms with Crippen LogP contribution < -0.4 is 0 Å². The summed E-state index contributed by atoms with van der Waals surface area (Å²) in [5.74, 6) is -1.99. The lowest BCUT2D eigenvalue weighted by Crippen LogP contribution is -2.26. The van der Waals surface area contributed by atoms with Gasteiger partial charge < -0.3 is 10.2 Å². The third-order valence-corrected chi connectivity index (χ3v) is 6.34. The highest BCUT2D eigenvalue weighted by Crippen LogP contribution is 2.38. The van der Waals surface area contributed by atoms with Crippen molar-refractivity contribution in [2.45, 2.75) is 82.6 Å². The molecule has 0 spiro atoms. The van der Waals surface area contributed by atoms with Crippen molar-refractivity contribution >= 4 is 22.8 Å². The first-order valence-corrected chi connectivity index (χ1v) is 10.8. The predicted octanol–water partition coefficient (Wildman–Crippen LogP) is 4.59. The van der Waals surface area contributed by atoms with Crippen molar-refractivity contribution in [3.8, 4) is 6.07 Å². The van der Waals surface area contributed by atoms with Crippen LogP contribution in [0.4, 0.5) is 0 Å². The largest absolute Gasteiger partial charge is 0.481 e. The van der Waals surface area contributed by atoms with Gasteiger partial charge in [-0.05, 0) is 43.7 Å². The molecule has 7 heteroatoms. The van der Waals surface area contributed by atoms with Crippen LogP contribution in [0.5, 0.6) is 0 Å². The van der Waals surface area contributed by atoms with Crippen molar-refractivity contribution in [2.24, 2.45) is 0 Å². The molecule has 0 saturated heterocycles. The molecule has 7 nitrogen and oxygen atoms in total. The molecule has 2 aromatic rings. The molecular weight excluding hydrogens is 382 g/mol. The van der Waals surface area contributed by atoms with Gasteiger partial charge in [0.05, 0.1) is 28.7 Å². The number of nitriles is 1. The number of nitrogens with zero attached hydrogens (tertiary/aromatic N) is 3. The van der Waals surface area contributed by atoms with Gasteiger partial charge in [0, 0.05) is 18.2 Å². The molecule has 0 radical (unpaired) electrons. The third-order valence-electron chi connectivity index (χ3n) is 6.34. The van der Waals surface area contributed by atoms with Crippen LogP contribution >= 0.6 is 0 Å². The maximum absolute atomic E-state index is 11.2. The molecule has 1 heterocycles. The fraction of sp³-hybridized carbons (Fsp3) is 0.565. The summed E-state index contributed by atoms with van der Waals surface area (Å²) in [7, 11) is 0. The Kier molecular flexibility index (Phi) is 6.76. The Balaban J connectivity index is 2.09. The maximum Gasteiger partial charge on any atom is 0.303 e. The van der Waals surface area contributed by atoms with Crippen LogP contribution in [0.15, 0.2) is 18.2 Å². The normalized spacial score (nSPS) is 15.2. The first kappa shape index (κ1) is 21.8. The second-order valence-electron chi connectivity index (χ2n) is 8.25. The molecule has 1 aromatic carbocycles. The lowest BCUT2D eigenvalue weighted by Gasteiger charge is -2.27. The van der Waals surface area contributed by atoms with Gasteiger partial charge in [-0.25, -0.2) is 0 Å². The summed E-state index contributed by atoms with van der Waals surface area (Å²) >= 11 is 0. The van der Waals surface area contributed by atoms with E-state index in [4.69, 9.17) is 5.10 Å². The van der Waals surface area contributed by atoms with Crippen molar-refractivity contribution in [1.82, 2.24) is 9.78 Å². The zero-order chi connectivity index (χ0) is 21.7. The van der Waals surface area contributed by atoms with E-state index in [1.807, 2.05) is 18.2 Å². The average molecular weight is 412 g/mol. The van der Waals surface area contributed by atoms with E-state index in [-0.39, 0.29) is 25.7 Å². The summed E-state index contributed by atoms with van der Waals surface area (Å²) in [4.78, 5) is 22.4. The lowest BCUT2D eigenvalue weighted by atomic mass is 9.74. The van der Waals surface area contributed by atoms with Gasteiger partial charge in [0.15, 0.2) is 0 Å². The van der Waals surface area contributed by atoms with Crippen LogP contribution in [0.2, 0.25) is 0 Å². The Hall–Kier alpha value is -2.88. The number of hydrogen-bond donors (Lipinski definition) is 2. The molecule has 1 fully saturated rings. The SMILES string of the molecule is CCc1nn(C2CCCCC2)c2cc(C(C#N)(CCC(=O)O)CCC(=O)O)ccc12. The Morgan fingerprint density at radius 2 is 1.80 bits per heavy atom. The number of fused-ring (bicyclic) bond motifs is 1. The Morgan fingerprint density at radius 1 is 1.17 bits per heavy atom. The van der Waals surface area contributed by atoms with Crippen LogP contribution in [0.3, 0.4) is 0 Å². The van der Waals surface area contributed by atoms with Gasteiger partial charge in [0.2, 0.25) is 0 Å². The smallest absolute Gasteiger partial charge is 0.303 e. The monoisotopic (exact) mass is 411 g/mol. The molecule has 0 aliphatic heterocycles. The number of aryl methyl sites for hydroxylation is 1. The zero-order valence-electron chi connectivity index (χ0n) is 17.4. The molecule has 30 heavy (non-hydrogen) atoms. The molecule has 160 valence electrons. The highest BCUT2D eigenvalue weighted by atomic mass is 16.4. The van der Waals surface area contributed by atoms with Crippen molar-refractivity contribution in [3.05, 3.63) is 29.5 Å². The van der Waals surface area contributed by atoms with Crippen molar-refractivity contribution in [2.75, 3.05) is 0 Å². The third kappa shape index (κ3) is 4.48. The van der Waals surface area contributed by atoms with E-state index in [9.17, 15) is 25.1 Å². The second kappa shape index (κ2) is 9.29. The summed E-state index contributed by atoms with van der Waals surface area (Å²) in [5.41, 5.74) is 1.50. The second-order valence-corrected chi connectivity index (χ2v) is 8.25. The first-order valence-electron chi connectivity index (χ1n) is 10.8. The number of hydrogen-bond acceptors (Lipinski definition) is 4. The summed E-state index contributed by atoms with van der Waals surface area (Å²) in [6.07, 6.45) is 6.32. The van der Waals surface area contributed by atoms with Gasteiger partial charge in [-0.15, -0.1) is 0 Å². The van der Waals surface area contributed by atoms with Gasteiger partial charge in [0.1, 0.15) is 0 Å². The molecule has 1 saturated carbocycles. The van der Waals surface area contributed by atoms with E-state index in [1.54, 1.807) is 0 Å². The Bertz CT molecular complexity index is 949. The van der Waals surface area contributed by atoms with E-state index < -0.39 is 17.4 Å². The van der Waals surface area contributed by atoms with E-state index in [0.717, 1.165) is 35.9 Å².